The van der Waals surface area contributed by atoms with E-state index in [1.807, 2.05) is 25.1 Å². The van der Waals surface area contributed by atoms with Gasteiger partial charge in [0.15, 0.2) is 5.78 Å². The minimum atomic E-state index is -0.567. The second-order valence-electron chi connectivity index (χ2n) is 10.0. The van der Waals surface area contributed by atoms with Crippen molar-refractivity contribution in [3.8, 4) is 0 Å². The zero-order valence-corrected chi connectivity index (χ0v) is 22.6. The van der Waals surface area contributed by atoms with E-state index in [1.165, 1.54) is 0 Å². The summed E-state index contributed by atoms with van der Waals surface area (Å²) in [5.41, 5.74) is 3.47. The highest BCUT2D eigenvalue weighted by Crippen LogP contribution is 2.27. The number of morpholine rings is 1. The fourth-order valence-electron chi connectivity index (χ4n) is 5.01. The predicted octanol–water partition coefficient (Wildman–Crippen LogP) is 4.15. The highest BCUT2D eigenvalue weighted by Gasteiger charge is 2.35. The number of Topliss-reactive ketones (excluding diaryl/α,β-unsaturated/α-hetero) is 1. The van der Waals surface area contributed by atoms with Gasteiger partial charge in [0, 0.05) is 54.9 Å². The molecule has 8 nitrogen and oxygen atoms in total. The molecule has 1 saturated heterocycles. The molecule has 0 saturated carbocycles. The molecule has 1 aromatic heterocycles. The van der Waals surface area contributed by atoms with E-state index in [4.69, 9.17) is 16.3 Å². The number of hydrogen-bond donors (Lipinski definition) is 1. The van der Waals surface area contributed by atoms with Gasteiger partial charge in [-0.1, -0.05) is 29.8 Å². The van der Waals surface area contributed by atoms with Crippen molar-refractivity contribution in [2.75, 3.05) is 38.2 Å². The Morgan fingerprint density at radius 2 is 1.85 bits per heavy atom. The summed E-state index contributed by atoms with van der Waals surface area (Å²) in [5, 5.41) is 3.30. The smallest absolute Gasteiger partial charge is 0.256 e. The number of nitrogens with one attached hydrogen (secondary N) is 1. The summed E-state index contributed by atoms with van der Waals surface area (Å²) in [7, 11) is 0. The first-order chi connectivity index (χ1) is 18.9. The topological polar surface area (TPSA) is 91.8 Å². The summed E-state index contributed by atoms with van der Waals surface area (Å²) in [6.07, 6.45) is 2.40. The predicted molar refractivity (Wildman–Crippen MR) is 149 cm³/mol. The molecule has 39 heavy (non-hydrogen) atoms. The largest absolute Gasteiger partial charge is 0.379 e. The van der Waals surface area contributed by atoms with Crippen molar-refractivity contribution in [3.05, 3.63) is 93.6 Å². The zero-order valence-electron chi connectivity index (χ0n) is 21.9. The van der Waals surface area contributed by atoms with Gasteiger partial charge < -0.3 is 15.0 Å². The lowest BCUT2D eigenvalue weighted by Gasteiger charge is -2.32. The summed E-state index contributed by atoms with van der Waals surface area (Å²) in [5.74, 6) is 0.0179. The van der Waals surface area contributed by atoms with Crippen LogP contribution in [0.25, 0.3) is 0 Å². The molecular formula is C30H31ClN4O4. The molecule has 202 valence electrons. The Labute approximate surface area is 232 Å². The average Bonchev–Trinajstić information content (AvgIpc) is 3.03. The number of aromatic nitrogens is 1. The van der Waals surface area contributed by atoms with E-state index in [0.717, 1.165) is 24.2 Å². The van der Waals surface area contributed by atoms with Crippen molar-refractivity contribution in [2.24, 2.45) is 0 Å². The molecular weight excluding hydrogens is 516 g/mol. The lowest BCUT2D eigenvalue weighted by atomic mass is 10.00. The van der Waals surface area contributed by atoms with Gasteiger partial charge in [0.25, 0.3) is 11.8 Å². The fraction of sp³-hybridized carbons (Fsp3) is 0.333. The third kappa shape index (κ3) is 6.53. The zero-order chi connectivity index (χ0) is 27.4. The Kier molecular flexibility index (Phi) is 8.35. The van der Waals surface area contributed by atoms with Crippen molar-refractivity contribution in [3.63, 3.8) is 0 Å². The molecule has 0 spiro atoms. The maximum absolute atomic E-state index is 13.8. The number of carbonyl (C=O) groups is 3. The number of ketones is 1. The van der Waals surface area contributed by atoms with Crippen LogP contribution in [0.15, 0.2) is 60.8 Å². The van der Waals surface area contributed by atoms with E-state index in [2.05, 4.69) is 15.2 Å². The molecule has 3 heterocycles. The monoisotopic (exact) mass is 546 g/mol. The van der Waals surface area contributed by atoms with E-state index in [-0.39, 0.29) is 30.6 Å². The molecule has 2 aliphatic heterocycles. The van der Waals surface area contributed by atoms with Crippen LogP contribution in [0, 0.1) is 6.92 Å². The molecule has 2 amide bonds. The van der Waals surface area contributed by atoms with Gasteiger partial charge in [-0.05, 0) is 66.4 Å². The summed E-state index contributed by atoms with van der Waals surface area (Å²) >= 11 is 6.20. The summed E-state index contributed by atoms with van der Waals surface area (Å²) in [4.78, 5) is 48.2. The van der Waals surface area contributed by atoms with E-state index < -0.39 is 6.04 Å². The molecule has 1 N–H and O–H groups in total. The SMILES string of the molecule is Cc1ccc(NC(=O)c2ccc(CN3C(=O)c4ccc(Cl)cc4CC(=O)[C@H]3CCN3CCOCC3)cc2)nc1. The second kappa shape index (κ2) is 12.1. The van der Waals surface area contributed by atoms with Crippen LogP contribution in [-0.2, 0) is 22.5 Å². The van der Waals surface area contributed by atoms with Gasteiger partial charge in [-0.15, -0.1) is 0 Å². The van der Waals surface area contributed by atoms with Gasteiger partial charge in [-0.3, -0.25) is 19.3 Å². The number of rotatable bonds is 7. The van der Waals surface area contributed by atoms with Gasteiger partial charge in [0.2, 0.25) is 0 Å². The standard InChI is InChI=1S/C30H31ClN4O4/c1-20-2-9-28(32-18-20)33-29(37)22-5-3-21(4-6-22)19-35-26(10-11-34-12-14-39-15-13-34)27(36)17-23-16-24(31)7-8-25(23)30(35)38/h2-9,16,18,26H,10-15,17,19H2,1H3,(H,32,33,37)/t26-/m1/s1. The lowest BCUT2D eigenvalue weighted by molar-refractivity contribution is -0.123. The summed E-state index contributed by atoms with van der Waals surface area (Å²) in [6, 6.07) is 15.3. The van der Waals surface area contributed by atoms with Gasteiger partial charge in [-0.25, -0.2) is 4.98 Å². The third-order valence-corrected chi connectivity index (χ3v) is 7.45. The molecule has 0 bridgehead atoms. The number of halogens is 1. The van der Waals surface area contributed by atoms with Gasteiger partial charge in [0.1, 0.15) is 5.82 Å². The van der Waals surface area contributed by atoms with Crippen LogP contribution in [0.3, 0.4) is 0 Å². The Hall–Kier alpha value is -3.59. The van der Waals surface area contributed by atoms with E-state index in [1.54, 1.807) is 47.5 Å². The molecule has 2 aliphatic rings. The lowest BCUT2D eigenvalue weighted by Crippen LogP contribution is -2.46. The number of anilines is 1. The van der Waals surface area contributed by atoms with Crippen molar-refractivity contribution in [2.45, 2.75) is 32.4 Å². The Bertz CT molecular complexity index is 1350. The number of amides is 2. The van der Waals surface area contributed by atoms with Crippen molar-refractivity contribution in [1.82, 2.24) is 14.8 Å². The van der Waals surface area contributed by atoms with E-state index in [9.17, 15) is 14.4 Å². The van der Waals surface area contributed by atoms with Crippen LogP contribution < -0.4 is 5.32 Å². The molecule has 0 aliphatic carbocycles. The van der Waals surface area contributed by atoms with Crippen LogP contribution in [0.2, 0.25) is 5.02 Å². The number of pyridine rings is 1. The third-order valence-electron chi connectivity index (χ3n) is 7.22. The Morgan fingerprint density at radius 3 is 2.56 bits per heavy atom. The minimum absolute atomic E-state index is 0.000720. The quantitative estimate of drug-likeness (QED) is 0.478. The van der Waals surface area contributed by atoms with Crippen LogP contribution in [0.5, 0.6) is 0 Å². The second-order valence-corrected chi connectivity index (χ2v) is 10.4. The summed E-state index contributed by atoms with van der Waals surface area (Å²) < 4.78 is 5.45. The van der Waals surface area contributed by atoms with Crippen molar-refractivity contribution >= 4 is 35.0 Å². The van der Waals surface area contributed by atoms with Crippen molar-refractivity contribution < 1.29 is 19.1 Å². The molecule has 2 aromatic carbocycles. The minimum Gasteiger partial charge on any atom is -0.379 e. The van der Waals surface area contributed by atoms with E-state index in [0.29, 0.717) is 53.7 Å². The number of benzene rings is 2. The summed E-state index contributed by atoms with van der Waals surface area (Å²) in [6.45, 7) is 5.85. The first kappa shape index (κ1) is 27.0. The molecule has 0 unspecified atom stereocenters. The first-order valence-corrected chi connectivity index (χ1v) is 13.5. The fourth-order valence-corrected chi connectivity index (χ4v) is 5.20. The average molecular weight is 547 g/mol. The van der Waals surface area contributed by atoms with E-state index >= 15 is 0 Å². The highest BCUT2D eigenvalue weighted by molar-refractivity contribution is 6.30. The number of hydrogen-bond acceptors (Lipinski definition) is 6. The number of carbonyl (C=O) groups excluding carboxylic acids is 3. The highest BCUT2D eigenvalue weighted by atomic mass is 35.5. The Balaban J connectivity index is 1.35. The molecule has 1 atom stereocenters. The van der Waals surface area contributed by atoms with Crippen molar-refractivity contribution in [1.29, 1.82) is 0 Å². The van der Waals surface area contributed by atoms with Gasteiger partial charge >= 0.3 is 0 Å². The number of nitrogens with zero attached hydrogens (tertiary/aromatic N) is 3. The van der Waals surface area contributed by atoms with Crippen LogP contribution in [0.4, 0.5) is 5.82 Å². The maximum atomic E-state index is 13.8. The van der Waals surface area contributed by atoms with Gasteiger partial charge in [0.05, 0.1) is 19.3 Å². The molecule has 1 fully saturated rings. The maximum Gasteiger partial charge on any atom is 0.256 e. The molecule has 5 rings (SSSR count). The van der Waals surface area contributed by atoms with Gasteiger partial charge in [-0.2, -0.15) is 0 Å². The molecule has 0 radical (unpaired) electrons. The number of aryl methyl sites for hydroxylation is 1. The molecule has 9 heteroatoms. The number of ether oxygens (including phenoxy) is 1. The van der Waals surface area contributed by atoms with Crippen LogP contribution in [-0.4, -0.2) is 71.3 Å². The normalized spacial score (nSPS) is 18.0. The first-order valence-electron chi connectivity index (χ1n) is 13.1. The molecule has 3 aromatic rings. The number of fused-ring (bicyclic) bond motifs is 1. The van der Waals surface area contributed by atoms with Crippen LogP contribution in [0.1, 0.15) is 43.8 Å². The van der Waals surface area contributed by atoms with Crippen LogP contribution >= 0.6 is 11.6 Å². The Morgan fingerprint density at radius 1 is 1.08 bits per heavy atom.